The van der Waals surface area contributed by atoms with Crippen molar-refractivity contribution < 1.29 is 4.79 Å². The maximum atomic E-state index is 11.4. The third kappa shape index (κ3) is 2.70. The second-order valence-electron chi connectivity index (χ2n) is 4.73. The van der Waals surface area contributed by atoms with Gasteiger partial charge in [-0.15, -0.1) is 0 Å². The number of aryl methyl sites for hydroxylation is 1. The standard InChI is InChI=1S/C13H19N3O/c1-9-3-4-10(14)7-12(9)15-11-5-6-13(17)16(2)8-11/h3-4,7,11,15H,5-6,8,14H2,1-2H3. The molecule has 0 aromatic heterocycles. The van der Waals surface area contributed by atoms with Crippen molar-refractivity contribution in [2.24, 2.45) is 0 Å². The second-order valence-corrected chi connectivity index (χ2v) is 4.73. The number of carbonyl (C=O) groups excluding carboxylic acids is 1. The van der Waals surface area contributed by atoms with Gasteiger partial charge >= 0.3 is 0 Å². The van der Waals surface area contributed by atoms with E-state index in [4.69, 9.17) is 5.73 Å². The average Bonchev–Trinajstić information content (AvgIpc) is 2.29. The molecule has 0 aliphatic carbocycles. The van der Waals surface area contributed by atoms with Crippen molar-refractivity contribution in [3.63, 3.8) is 0 Å². The van der Waals surface area contributed by atoms with E-state index in [0.29, 0.717) is 12.5 Å². The first-order valence-electron chi connectivity index (χ1n) is 5.93. The molecule has 1 aromatic rings. The van der Waals surface area contributed by atoms with Gasteiger partial charge in [-0.1, -0.05) is 6.07 Å². The Kier molecular flexibility index (Phi) is 3.22. The molecule has 4 nitrogen and oxygen atoms in total. The molecule has 1 amide bonds. The van der Waals surface area contributed by atoms with Crippen LogP contribution in [0.4, 0.5) is 11.4 Å². The highest BCUT2D eigenvalue weighted by Gasteiger charge is 2.22. The lowest BCUT2D eigenvalue weighted by Crippen LogP contribution is -2.43. The number of piperidine rings is 1. The van der Waals surface area contributed by atoms with Crippen LogP contribution < -0.4 is 11.1 Å². The maximum absolute atomic E-state index is 11.4. The van der Waals surface area contributed by atoms with Gasteiger partial charge in [0.1, 0.15) is 0 Å². The highest BCUT2D eigenvalue weighted by molar-refractivity contribution is 5.77. The number of amides is 1. The summed E-state index contributed by atoms with van der Waals surface area (Å²) in [6, 6.07) is 6.18. The zero-order valence-corrected chi connectivity index (χ0v) is 10.4. The van der Waals surface area contributed by atoms with E-state index in [1.54, 1.807) is 4.90 Å². The Hall–Kier alpha value is -1.71. The first-order chi connectivity index (χ1) is 8.06. The molecular formula is C13H19N3O. The van der Waals surface area contributed by atoms with Crippen molar-refractivity contribution in [1.82, 2.24) is 4.90 Å². The number of nitrogen functional groups attached to an aromatic ring is 1. The van der Waals surface area contributed by atoms with Crippen molar-refractivity contribution in [3.05, 3.63) is 23.8 Å². The predicted octanol–water partition coefficient (Wildman–Crippen LogP) is 1.61. The lowest BCUT2D eigenvalue weighted by molar-refractivity contribution is -0.132. The highest BCUT2D eigenvalue weighted by Crippen LogP contribution is 2.21. The molecule has 1 unspecified atom stereocenters. The summed E-state index contributed by atoms with van der Waals surface area (Å²) in [6.07, 6.45) is 1.51. The Morgan fingerprint density at radius 1 is 1.47 bits per heavy atom. The molecule has 1 heterocycles. The topological polar surface area (TPSA) is 58.4 Å². The van der Waals surface area contributed by atoms with E-state index in [1.807, 2.05) is 25.2 Å². The number of hydrogen-bond acceptors (Lipinski definition) is 3. The van der Waals surface area contributed by atoms with Gasteiger partial charge in [-0.3, -0.25) is 4.79 Å². The summed E-state index contributed by atoms with van der Waals surface area (Å²) < 4.78 is 0. The molecule has 92 valence electrons. The van der Waals surface area contributed by atoms with Crippen LogP contribution in [0.15, 0.2) is 18.2 Å². The van der Waals surface area contributed by atoms with Crippen LogP contribution in [0.25, 0.3) is 0 Å². The van der Waals surface area contributed by atoms with Crippen LogP contribution in [0.5, 0.6) is 0 Å². The van der Waals surface area contributed by atoms with Crippen LogP contribution in [0.3, 0.4) is 0 Å². The summed E-state index contributed by atoms with van der Waals surface area (Å²) >= 11 is 0. The molecule has 1 saturated heterocycles. The molecular weight excluding hydrogens is 214 g/mol. The molecule has 0 saturated carbocycles. The van der Waals surface area contributed by atoms with Gasteiger partial charge in [0.15, 0.2) is 0 Å². The molecule has 1 aliphatic rings. The first kappa shape index (κ1) is 11.8. The van der Waals surface area contributed by atoms with Crippen LogP contribution in [0.1, 0.15) is 18.4 Å². The molecule has 17 heavy (non-hydrogen) atoms. The Balaban J connectivity index is 2.06. The number of carbonyl (C=O) groups is 1. The number of anilines is 2. The number of nitrogens with one attached hydrogen (secondary N) is 1. The summed E-state index contributed by atoms with van der Waals surface area (Å²) in [5.74, 6) is 0.229. The predicted molar refractivity (Wildman–Crippen MR) is 69.9 cm³/mol. The lowest BCUT2D eigenvalue weighted by atomic mass is 10.0. The van der Waals surface area contributed by atoms with E-state index in [0.717, 1.165) is 24.3 Å². The van der Waals surface area contributed by atoms with Gasteiger partial charge < -0.3 is 16.0 Å². The summed E-state index contributed by atoms with van der Waals surface area (Å²) in [5.41, 5.74) is 8.79. The summed E-state index contributed by atoms with van der Waals surface area (Å²) in [6.45, 7) is 2.81. The highest BCUT2D eigenvalue weighted by atomic mass is 16.2. The quantitative estimate of drug-likeness (QED) is 0.763. The molecule has 1 aliphatic heterocycles. The Bertz CT molecular complexity index is 431. The third-order valence-electron chi connectivity index (χ3n) is 3.25. The summed E-state index contributed by atoms with van der Waals surface area (Å²) in [7, 11) is 1.85. The van der Waals surface area contributed by atoms with Crippen molar-refractivity contribution in [1.29, 1.82) is 0 Å². The number of nitrogens with zero attached hydrogens (tertiary/aromatic N) is 1. The largest absolute Gasteiger partial charge is 0.399 e. The van der Waals surface area contributed by atoms with Gasteiger partial charge in [-0.25, -0.2) is 0 Å². The normalized spacial score (nSPS) is 20.5. The summed E-state index contributed by atoms with van der Waals surface area (Å²) in [4.78, 5) is 13.2. The third-order valence-corrected chi connectivity index (χ3v) is 3.25. The van der Waals surface area contributed by atoms with E-state index in [9.17, 15) is 4.79 Å². The zero-order valence-electron chi connectivity index (χ0n) is 10.4. The minimum atomic E-state index is 0.229. The van der Waals surface area contributed by atoms with Gasteiger partial charge in [0.2, 0.25) is 5.91 Å². The van der Waals surface area contributed by atoms with Crippen molar-refractivity contribution in [2.75, 3.05) is 24.6 Å². The second kappa shape index (κ2) is 4.65. The molecule has 1 atom stereocenters. The van der Waals surface area contributed by atoms with Gasteiger partial charge in [0.25, 0.3) is 0 Å². The van der Waals surface area contributed by atoms with E-state index in [-0.39, 0.29) is 5.91 Å². The smallest absolute Gasteiger partial charge is 0.222 e. The van der Waals surface area contributed by atoms with E-state index >= 15 is 0 Å². The van der Waals surface area contributed by atoms with Gasteiger partial charge in [0.05, 0.1) is 0 Å². The molecule has 1 aromatic carbocycles. The molecule has 0 spiro atoms. The fourth-order valence-corrected chi connectivity index (χ4v) is 2.15. The Morgan fingerprint density at radius 3 is 2.94 bits per heavy atom. The lowest BCUT2D eigenvalue weighted by Gasteiger charge is -2.31. The number of nitrogens with two attached hydrogens (primary N) is 1. The average molecular weight is 233 g/mol. The Morgan fingerprint density at radius 2 is 2.24 bits per heavy atom. The van der Waals surface area contributed by atoms with E-state index in [1.165, 1.54) is 5.56 Å². The maximum Gasteiger partial charge on any atom is 0.222 e. The summed E-state index contributed by atoms with van der Waals surface area (Å²) in [5, 5.41) is 3.47. The van der Waals surface area contributed by atoms with Gasteiger partial charge in [-0.2, -0.15) is 0 Å². The molecule has 4 heteroatoms. The number of hydrogen-bond donors (Lipinski definition) is 2. The van der Waals surface area contributed by atoms with E-state index < -0.39 is 0 Å². The monoisotopic (exact) mass is 233 g/mol. The van der Waals surface area contributed by atoms with Crippen molar-refractivity contribution in [3.8, 4) is 0 Å². The van der Waals surface area contributed by atoms with E-state index in [2.05, 4.69) is 12.2 Å². The molecule has 3 N–H and O–H groups in total. The van der Waals surface area contributed by atoms with Crippen LogP contribution in [-0.4, -0.2) is 30.4 Å². The van der Waals surface area contributed by atoms with Gasteiger partial charge in [-0.05, 0) is 31.0 Å². The molecule has 1 fully saturated rings. The van der Waals surface area contributed by atoms with Crippen LogP contribution in [0.2, 0.25) is 0 Å². The number of rotatable bonds is 2. The van der Waals surface area contributed by atoms with Gasteiger partial charge in [0, 0.05) is 37.4 Å². The van der Waals surface area contributed by atoms with Crippen LogP contribution >= 0.6 is 0 Å². The fourth-order valence-electron chi connectivity index (χ4n) is 2.15. The fraction of sp³-hybridized carbons (Fsp3) is 0.462. The minimum absolute atomic E-state index is 0.229. The molecule has 2 rings (SSSR count). The van der Waals surface area contributed by atoms with Crippen LogP contribution in [-0.2, 0) is 4.79 Å². The number of likely N-dealkylation sites (N-methyl/N-ethyl adjacent to an activating group) is 1. The molecule has 0 radical (unpaired) electrons. The molecule has 0 bridgehead atoms. The first-order valence-corrected chi connectivity index (χ1v) is 5.93. The number of likely N-dealkylation sites (tertiary alicyclic amines) is 1. The number of benzene rings is 1. The van der Waals surface area contributed by atoms with Crippen molar-refractivity contribution >= 4 is 17.3 Å². The minimum Gasteiger partial charge on any atom is -0.399 e. The Labute approximate surface area is 102 Å². The zero-order chi connectivity index (χ0) is 12.4. The SMILES string of the molecule is Cc1ccc(N)cc1NC1CCC(=O)N(C)C1. The van der Waals surface area contributed by atoms with Crippen molar-refractivity contribution in [2.45, 2.75) is 25.8 Å². The van der Waals surface area contributed by atoms with Crippen LogP contribution in [0, 0.1) is 6.92 Å².